The molecule has 0 radical (unpaired) electrons. The predicted molar refractivity (Wildman–Crippen MR) is 90.5 cm³/mol. The maximum absolute atomic E-state index is 12.5. The Morgan fingerprint density at radius 1 is 1.25 bits per heavy atom. The largest absolute Gasteiger partial charge is 0.356 e. The molecule has 0 saturated carbocycles. The zero-order valence-corrected chi connectivity index (χ0v) is 13.3. The van der Waals surface area contributed by atoms with Crippen molar-refractivity contribution < 1.29 is 4.79 Å². The van der Waals surface area contributed by atoms with Gasteiger partial charge in [-0.25, -0.2) is 0 Å². The highest BCUT2D eigenvalue weighted by atomic mass is 35.5. The van der Waals surface area contributed by atoms with Gasteiger partial charge in [0.1, 0.15) is 11.8 Å². The van der Waals surface area contributed by atoms with E-state index in [-0.39, 0.29) is 5.91 Å². The molecule has 1 aromatic carbocycles. The maximum atomic E-state index is 12.5. The molecule has 0 spiro atoms. The number of amides is 1. The second-order valence-corrected chi connectivity index (χ2v) is 5.57. The number of nitrogens with one attached hydrogen (secondary N) is 2. The average Bonchev–Trinajstić information content (AvgIpc) is 3.09. The zero-order valence-electron chi connectivity index (χ0n) is 12.5. The van der Waals surface area contributed by atoms with E-state index in [2.05, 4.69) is 15.3 Å². The second-order valence-electron chi connectivity index (χ2n) is 5.13. The van der Waals surface area contributed by atoms with Crippen molar-refractivity contribution in [1.29, 1.82) is 5.26 Å². The summed E-state index contributed by atoms with van der Waals surface area (Å²) in [5.41, 5.74) is 2.23. The van der Waals surface area contributed by atoms with Gasteiger partial charge >= 0.3 is 0 Å². The van der Waals surface area contributed by atoms with Gasteiger partial charge in [0, 0.05) is 17.4 Å². The molecule has 24 heavy (non-hydrogen) atoms. The van der Waals surface area contributed by atoms with E-state index in [0.29, 0.717) is 22.0 Å². The number of halogens is 1. The molecule has 2 N–H and O–H groups in total. The van der Waals surface area contributed by atoms with E-state index in [0.717, 1.165) is 5.56 Å². The third-order valence-corrected chi connectivity index (χ3v) is 3.73. The van der Waals surface area contributed by atoms with Gasteiger partial charge in [0.15, 0.2) is 0 Å². The highest BCUT2D eigenvalue weighted by Crippen LogP contribution is 2.23. The summed E-state index contributed by atoms with van der Waals surface area (Å²) in [6.45, 7) is 0. The van der Waals surface area contributed by atoms with E-state index in [4.69, 9.17) is 16.9 Å². The van der Waals surface area contributed by atoms with Gasteiger partial charge in [-0.3, -0.25) is 9.78 Å². The molecule has 0 bridgehead atoms. The van der Waals surface area contributed by atoms with Crippen molar-refractivity contribution in [3.05, 3.63) is 88.5 Å². The van der Waals surface area contributed by atoms with Crippen LogP contribution in [0.15, 0.2) is 60.9 Å². The van der Waals surface area contributed by atoms with Crippen LogP contribution in [0.25, 0.3) is 0 Å². The minimum Gasteiger partial charge on any atom is -0.356 e. The zero-order chi connectivity index (χ0) is 16.9. The summed E-state index contributed by atoms with van der Waals surface area (Å²) < 4.78 is 0. The standard InChI is InChI=1S/C18H13ClN4O/c19-14-5-3-4-13(9-14)17(15-6-1-2-7-21-15)23-18(24)16-8-12(10-20)11-22-16/h1-9,11,17,22H,(H,23,24). The lowest BCUT2D eigenvalue weighted by molar-refractivity contribution is 0.0938. The van der Waals surface area contributed by atoms with E-state index in [1.807, 2.05) is 36.4 Å². The number of hydrogen-bond acceptors (Lipinski definition) is 3. The summed E-state index contributed by atoms with van der Waals surface area (Å²) in [5.74, 6) is -0.327. The highest BCUT2D eigenvalue weighted by Gasteiger charge is 2.20. The Morgan fingerprint density at radius 2 is 2.12 bits per heavy atom. The number of aromatic amines is 1. The molecule has 1 amide bonds. The minimum absolute atomic E-state index is 0.314. The molecular weight excluding hydrogens is 324 g/mol. The number of hydrogen-bond donors (Lipinski definition) is 2. The average molecular weight is 337 g/mol. The fourth-order valence-corrected chi connectivity index (χ4v) is 2.56. The molecule has 0 aliphatic heterocycles. The topological polar surface area (TPSA) is 81.6 Å². The summed E-state index contributed by atoms with van der Waals surface area (Å²) in [7, 11) is 0. The molecule has 6 heteroatoms. The van der Waals surface area contributed by atoms with Crippen molar-refractivity contribution >= 4 is 17.5 Å². The molecule has 2 heterocycles. The van der Waals surface area contributed by atoms with Gasteiger partial charge in [0.2, 0.25) is 0 Å². The van der Waals surface area contributed by atoms with Crippen LogP contribution in [0.2, 0.25) is 5.02 Å². The molecule has 3 rings (SSSR count). The Labute approximate surface area is 143 Å². The van der Waals surface area contributed by atoms with Crippen molar-refractivity contribution in [2.24, 2.45) is 0 Å². The summed E-state index contributed by atoms with van der Waals surface area (Å²) in [5, 5.41) is 12.4. The Balaban J connectivity index is 1.93. The molecule has 0 saturated heterocycles. The molecule has 5 nitrogen and oxygen atoms in total. The van der Waals surface area contributed by atoms with Gasteiger partial charge in [-0.1, -0.05) is 29.8 Å². The lowest BCUT2D eigenvalue weighted by Gasteiger charge is -2.18. The monoisotopic (exact) mass is 336 g/mol. The number of benzene rings is 1. The van der Waals surface area contributed by atoms with Gasteiger partial charge in [-0.15, -0.1) is 0 Å². The first kappa shape index (κ1) is 15.8. The minimum atomic E-state index is -0.453. The number of nitrogens with zero attached hydrogens (tertiary/aromatic N) is 2. The number of carbonyl (C=O) groups excluding carboxylic acids is 1. The van der Waals surface area contributed by atoms with Gasteiger partial charge in [0.05, 0.1) is 17.3 Å². The molecule has 0 aliphatic rings. The van der Waals surface area contributed by atoms with E-state index in [1.165, 1.54) is 12.3 Å². The van der Waals surface area contributed by atoms with Crippen molar-refractivity contribution in [2.45, 2.75) is 6.04 Å². The normalized spacial score (nSPS) is 11.5. The summed E-state index contributed by atoms with van der Waals surface area (Å²) in [4.78, 5) is 19.6. The first-order valence-corrected chi connectivity index (χ1v) is 7.61. The third kappa shape index (κ3) is 3.45. The first-order valence-electron chi connectivity index (χ1n) is 7.23. The summed E-state index contributed by atoms with van der Waals surface area (Å²) in [6, 6.07) is 15.8. The summed E-state index contributed by atoms with van der Waals surface area (Å²) in [6.07, 6.45) is 3.16. The molecule has 1 atom stereocenters. The number of nitriles is 1. The fourth-order valence-electron chi connectivity index (χ4n) is 2.36. The number of pyridine rings is 1. The number of carbonyl (C=O) groups is 1. The van der Waals surface area contributed by atoms with Crippen LogP contribution in [0.4, 0.5) is 0 Å². The van der Waals surface area contributed by atoms with Crippen molar-refractivity contribution in [3.63, 3.8) is 0 Å². The van der Waals surface area contributed by atoms with Crippen molar-refractivity contribution in [3.8, 4) is 6.07 Å². The highest BCUT2D eigenvalue weighted by molar-refractivity contribution is 6.30. The quantitative estimate of drug-likeness (QED) is 0.765. The lowest BCUT2D eigenvalue weighted by Crippen LogP contribution is -2.30. The first-order chi connectivity index (χ1) is 11.7. The van der Waals surface area contributed by atoms with Crippen LogP contribution in [0.5, 0.6) is 0 Å². The number of aromatic nitrogens is 2. The van der Waals surface area contributed by atoms with Crippen LogP contribution in [-0.4, -0.2) is 15.9 Å². The molecule has 0 aliphatic carbocycles. The van der Waals surface area contributed by atoms with Crippen molar-refractivity contribution in [1.82, 2.24) is 15.3 Å². The van der Waals surface area contributed by atoms with E-state index >= 15 is 0 Å². The Morgan fingerprint density at radius 3 is 2.79 bits per heavy atom. The Kier molecular flexibility index (Phi) is 4.59. The molecule has 3 aromatic rings. The molecule has 1 unspecified atom stereocenters. The van der Waals surface area contributed by atoms with Gasteiger partial charge < -0.3 is 10.3 Å². The number of rotatable bonds is 4. The van der Waals surface area contributed by atoms with Crippen LogP contribution in [0.1, 0.15) is 33.4 Å². The number of H-pyrrole nitrogens is 1. The Bertz CT molecular complexity index is 899. The molecule has 118 valence electrons. The molecule has 2 aromatic heterocycles. The van der Waals surface area contributed by atoms with E-state index < -0.39 is 6.04 Å². The van der Waals surface area contributed by atoms with Crippen LogP contribution in [-0.2, 0) is 0 Å². The fraction of sp³-hybridized carbons (Fsp3) is 0.0556. The van der Waals surface area contributed by atoms with Crippen LogP contribution < -0.4 is 5.32 Å². The maximum Gasteiger partial charge on any atom is 0.268 e. The second kappa shape index (κ2) is 6.99. The predicted octanol–water partition coefficient (Wildman–Crippen LogP) is 3.45. The van der Waals surface area contributed by atoms with E-state index in [1.54, 1.807) is 18.3 Å². The molecular formula is C18H13ClN4O. The van der Waals surface area contributed by atoms with Crippen LogP contribution in [0, 0.1) is 11.3 Å². The van der Waals surface area contributed by atoms with Crippen LogP contribution in [0.3, 0.4) is 0 Å². The lowest BCUT2D eigenvalue weighted by atomic mass is 10.0. The van der Waals surface area contributed by atoms with Gasteiger partial charge in [-0.05, 0) is 35.9 Å². The smallest absolute Gasteiger partial charge is 0.268 e. The SMILES string of the molecule is N#Cc1c[nH]c(C(=O)NC(c2cccc(Cl)c2)c2ccccn2)c1. The van der Waals surface area contributed by atoms with Gasteiger partial charge in [0.25, 0.3) is 5.91 Å². The Hall–Kier alpha value is -3.10. The third-order valence-electron chi connectivity index (χ3n) is 3.50. The van der Waals surface area contributed by atoms with Crippen LogP contribution >= 0.6 is 11.6 Å². The molecule has 0 fully saturated rings. The van der Waals surface area contributed by atoms with Crippen molar-refractivity contribution in [2.75, 3.05) is 0 Å². The van der Waals surface area contributed by atoms with E-state index in [9.17, 15) is 4.79 Å². The van der Waals surface area contributed by atoms with Gasteiger partial charge in [-0.2, -0.15) is 5.26 Å². The summed E-state index contributed by atoms with van der Waals surface area (Å²) >= 11 is 6.08.